The summed E-state index contributed by atoms with van der Waals surface area (Å²) in [6, 6.07) is 0. The zero-order valence-electron chi connectivity index (χ0n) is 9.06. The van der Waals surface area contributed by atoms with Gasteiger partial charge in [-0.2, -0.15) is 0 Å². The van der Waals surface area contributed by atoms with E-state index in [1.54, 1.807) is 7.11 Å². The molecule has 4 nitrogen and oxygen atoms in total. The van der Waals surface area contributed by atoms with Gasteiger partial charge in [0.05, 0.1) is 18.0 Å². The normalized spacial score (nSPS) is 16.6. The fourth-order valence-electron chi connectivity index (χ4n) is 1.04. The number of hydrogen-bond donors (Lipinski definition) is 1. The molecule has 0 aliphatic rings. The molecule has 0 aromatic heterocycles. The van der Waals surface area contributed by atoms with E-state index in [0.29, 0.717) is 12.8 Å². The Morgan fingerprint density at radius 2 is 1.86 bits per heavy atom. The molecule has 86 valence electrons. The summed E-state index contributed by atoms with van der Waals surface area (Å²) in [5.41, 5.74) is 0. The first kappa shape index (κ1) is 13.9. The van der Waals surface area contributed by atoms with E-state index in [-0.39, 0.29) is 11.9 Å². The summed E-state index contributed by atoms with van der Waals surface area (Å²) in [6.07, 6.45) is 2.41. The lowest BCUT2D eigenvalue weighted by Crippen LogP contribution is -2.16. The summed E-state index contributed by atoms with van der Waals surface area (Å²) in [4.78, 5) is 0. The van der Waals surface area contributed by atoms with Crippen LogP contribution in [-0.2, 0) is 14.6 Å². The van der Waals surface area contributed by atoms with Gasteiger partial charge in [-0.3, -0.25) is 0 Å². The van der Waals surface area contributed by atoms with Gasteiger partial charge in [-0.15, -0.1) is 0 Å². The van der Waals surface area contributed by atoms with E-state index in [1.807, 2.05) is 6.92 Å². The van der Waals surface area contributed by atoms with E-state index in [2.05, 4.69) is 0 Å². The molecular weight excluding hydrogens is 204 g/mol. The predicted octanol–water partition coefficient (Wildman–Crippen LogP) is 0.597. The maximum absolute atomic E-state index is 10.8. The van der Waals surface area contributed by atoms with Gasteiger partial charge in [-0.1, -0.05) is 0 Å². The molecule has 0 aromatic rings. The van der Waals surface area contributed by atoms with Gasteiger partial charge in [0.15, 0.2) is 0 Å². The van der Waals surface area contributed by atoms with Crippen molar-refractivity contribution >= 4 is 9.84 Å². The Kier molecular flexibility index (Phi) is 6.31. The minimum Gasteiger partial charge on any atom is -0.393 e. The third-order valence-corrected chi connectivity index (χ3v) is 3.11. The first-order valence-electron chi connectivity index (χ1n) is 4.73. The maximum atomic E-state index is 10.8. The number of methoxy groups -OCH3 is 1. The first-order valence-corrected chi connectivity index (χ1v) is 6.80. The van der Waals surface area contributed by atoms with Crippen molar-refractivity contribution in [3.63, 3.8) is 0 Å². The van der Waals surface area contributed by atoms with E-state index >= 15 is 0 Å². The molecule has 0 aliphatic carbocycles. The second-order valence-corrected chi connectivity index (χ2v) is 5.96. The highest BCUT2D eigenvalue weighted by molar-refractivity contribution is 7.90. The molecule has 2 atom stereocenters. The van der Waals surface area contributed by atoms with Crippen LogP contribution in [0.2, 0.25) is 0 Å². The number of rotatable bonds is 7. The lowest BCUT2D eigenvalue weighted by Gasteiger charge is -2.13. The fraction of sp³-hybridized carbons (Fsp3) is 1.00. The zero-order chi connectivity index (χ0) is 11.2. The summed E-state index contributed by atoms with van der Waals surface area (Å²) < 4.78 is 26.6. The first-order chi connectivity index (χ1) is 6.35. The predicted molar refractivity (Wildman–Crippen MR) is 56.0 cm³/mol. The van der Waals surface area contributed by atoms with E-state index < -0.39 is 15.9 Å². The molecule has 0 fully saturated rings. The number of ether oxygens (including phenoxy) is 1. The van der Waals surface area contributed by atoms with Crippen LogP contribution in [0.1, 0.15) is 26.2 Å². The molecule has 0 saturated carbocycles. The molecule has 0 radical (unpaired) electrons. The molecule has 0 rings (SSSR count). The largest absolute Gasteiger partial charge is 0.393 e. The molecule has 0 saturated heterocycles. The van der Waals surface area contributed by atoms with Crippen LogP contribution in [0.15, 0.2) is 0 Å². The molecule has 0 heterocycles. The average Bonchev–Trinajstić information content (AvgIpc) is 2.09. The summed E-state index contributed by atoms with van der Waals surface area (Å²) in [5, 5.41) is 9.44. The van der Waals surface area contributed by atoms with Crippen LogP contribution in [0.4, 0.5) is 0 Å². The lowest BCUT2D eigenvalue weighted by molar-refractivity contribution is 0.0842. The molecule has 0 spiro atoms. The molecule has 0 bridgehead atoms. The Bertz CT molecular complexity index is 235. The van der Waals surface area contributed by atoms with Crippen molar-refractivity contribution in [1.82, 2.24) is 0 Å². The van der Waals surface area contributed by atoms with Crippen molar-refractivity contribution in [3.8, 4) is 0 Å². The second kappa shape index (κ2) is 6.37. The highest BCUT2D eigenvalue weighted by Crippen LogP contribution is 2.07. The smallest absolute Gasteiger partial charge is 0.147 e. The summed E-state index contributed by atoms with van der Waals surface area (Å²) in [5.74, 6) is 0.0511. The van der Waals surface area contributed by atoms with Gasteiger partial charge in [-0.05, 0) is 26.2 Å². The van der Waals surface area contributed by atoms with Crippen molar-refractivity contribution in [2.24, 2.45) is 0 Å². The van der Waals surface area contributed by atoms with Crippen LogP contribution in [0.5, 0.6) is 0 Å². The second-order valence-electron chi connectivity index (χ2n) is 3.70. The van der Waals surface area contributed by atoms with Gasteiger partial charge in [-0.25, -0.2) is 8.42 Å². The standard InChI is InChI=1S/C9H20O4S/c1-8(13-2)4-5-9(10)6-7-14(3,11)12/h8-10H,4-7H2,1-3H3. The Hall–Kier alpha value is -0.130. The van der Waals surface area contributed by atoms with Gasteiger partial charge >= 0.3 is 0 Å². The highest BCUT2D eigenvalue weighted by Gasteiger charge is 2.10. The van der Waals surface area contributed by atoms with Crippen LogP contribution in [-0.4, -0.2) is 44.9 Å². The maximum Gasteiger partial charge on any atom is 0.147 e. The molecule has 1 N–H and O–H groups in total. The number of hydrogen-bond acceptors (Lipinski definition) is 4. The van der Waals surface area contributed by atoms with Crippen molar-refractivity contribution in [2.45, 2.75) is 38.4 Å². The van der Waals surface area contributed by atoms with Gasteiger partial charge < -0.3 is 9.84 Å². The lowest BCUT2D eigenvalue weighted by atomic mass is 10.1. The van der Waals surface area contributed by atoms with Gasteiger partial charge in [0.25, 0.3) is 0 Å². The minimum absolute atomic E-state index is 0.0511. The topological polar surface area (TPSA) is 63.6 Å². The summed E-state index contributed by atoms with van der Waals surface area (Å²) in [7, 11) is -1.34. The monoisotopic (exact) mass is 224 g/mol. The van der Waals surface area contributed by atoms with E-state index in [1.165, 1.54) is 6.26 Å². The third kappa shape index (κ3) is 8.47. The number of sulfone groups is 1. The molecule has 14 heavy (non-hydrogen) atoms. The molecule has 0 aliphatic heterocycles. The molecule has 5 heteroatoms. The van der Waals surface area contributed by atoms with Crippen LogP contribution in [0.25, 0.3) is 0 Å². The van der Waals surface area contributed by atoms with Crippen molar-refractivity contribution in [3.05, 3.63) is 0 Å². The Balaban J connectivity index is 3.61. The molecule has 0 amide bonds. The van der Waals surface area contributed by atoms with Gasteiger partial charge in [0.1, 0.15) is 9.84 Å². The van der Waals surface area contributed by atoms with Crippen LogP contribution >= 0.6 is 0 Å². The van der Waals surface area contributed by atoms with Gasteiger partial charge in [0, 0.05) is 13.4 Å². The van der Waals surface area contributed by atoms with Crippen molar-refractivity contribution in [1.29, 1.82) is 0 Å². The SMILES string of the molecule is COC(C)CCC(O)CCS(C)(=O)=O. The minimum atomic E-state index is -2.95. The van der Waals surface area contributed by atoms with Crippen molar-refractivity contribution in [2.75, 3.05) is 19.1 Å². The zero-order valence-corrected chi connectivity index (χ0v) is 9.88. The van der Waals surface area contributed by atoms with Crippen LogP contribution in [0.3, 0.4) is 0 Å². The van der Waals surface area contributed by atoms with Crippen LogP contribution in [0, 0.1) is 0 Å². The van der Waals surface area contributed by atoms with E-state index in [0.717, 1.165) is 6.42 Å². The van der Waals surface area contributed by atoms with E-state index in [9.17, 15) is 13.5 Å². The Morgan fingerprint density at radius 3 is 2.29 bits per heavy atom. The number of aliphatic hydroxyl groups excluding tert-OH is 1. The quantitative estimate of drug-likeness (QED) is 0.687. The summed E-state index contributed by atoms with van der Waals surface area (Å²) >= 11 is 0. The molecular formula is C9H20O4S. The average molecular weight is 224 g/mol. The fourth-order valence-corrected chi connectivity index (χ4v) is 1.74. The van der Waals surface area contributed by atoms with Crippen molar-refractivity contribution < 1.29 is 18.3 Å². The van der Waals surface area contributed by atoms with Gasteiger partial charge in [0.2, 0.25) is 0 Å². The Morgan fingerprint density at radius 1 is 1.29 bits per heavy atom. The third-order valence-electron chi connectivity index (χ3n) is 2.13. The van der Waals surface area contributed by atoms with E-state index in [4.69, 9.17) is 4.74 Å². The van der Waals surface area contributed by atoms with Crippen LogP contribution < -0.4 is 0 Å². The molecule has 2 unspecified atom stereocenters. The highest BCUT2D eigenvalue weighted by atomic mass is 32.2. The molecule has 0 aromatic carbocycles. The number of aliphatic hydroxyl groups is 1. The summed E-state index contributed by atoms with van der Waals surface area (Å²) in [6.45, 7) is 1.92. The Labute approximate surface area is 86.2 Å².